The van der Waals surface area contributed by atoms with E-state index in [1.165, 1.54) is 44.3 Å². The van der Waals surface area contributed by atoms with Crippen LogP contribution in [0.2, 0.25) is 0 Å². The monoisotopic (exact) mass is 330 g/mol. The molecule has 0 aromatic heterocycles. The van der Waals surface area contributed by atoms with E-state index < -0.39 is 0 Å². The molecule has 2 heteroatoms. The van der Waals surface area contributed by atoms with Crippen molar-refractivity contribution in [3.05, 3.63) is 23.0 Å². The van der Waals surface area contributed by atoms with Crippen molar-refractivity contribution in [2.24, 2.45) is 28.6 Å². The summed E-state index contributed by atoms with van der Waals surface area (Å²) in [6.07, 6.45) is 12.1. The maximum atomic E-state index is 10.5. The van der Waals surface area contributed by atoms with E-state index in [2.05, 4.69) is 19.9 Å². The van der Waals surface area contributed by atoms with Gasteiger partial charge in [0.05, 0.1) is 19.0 Å². The zero-order valence-corrected chi connectivity index (χ0v) is 15.9. The van der Waals surface area contributed by atoms with Gasteiger partial charge in [0.1, 0.15) is 0 Å². The third kappa shape index (κ3) is 2.11. The minimum absolute atomic E-state index is 0.104. The molecule has 6 atom stereocenters. The van der Waals surface area contributed by atoms with Crippen LogP contribution in [0.25, 0.3) is 0 Å². The van der Waals surface area contributed by atoms with Crippen molar-refractivity contribution < 1.29 is 9.84 Å². The molecule has 4 aliphatic rings. The fraction of sp³-hybridized carbons (Fsp3) is 0.818. The second-order valence-electron chi connectivity index (χ2n) is 9.39. The maximum absolute atomic E-state index is 10.5. The lowest BCUT2D eigenvalue weighted by Gasteiger charge is -2.55. The van der Waals surface area contributed by atoms with Crippen LogP contribution in [0.1, 0.15) is 72.1 Å². The van der Waals surface area contributed by atoms with Gasteiger partial charge in [0.2, 0.25) is 0 Å². The van der Waals surface area contributed by atoms with Gasteiger partial charge in [-0.15, -0.1) is 0 Å². The quantitative estimate of drug-likeness (QED) is 0.702. The first-order chi connectivity index (χ1) is 11.4. The van der Waals surface area contributed by atoms with Gasteiger partial charge >= 0.3 is 0 Å². The van der Waals surface area contributed by atoms with Gasteiger partial charge in [-0.1, -0.05) is 25.0 Å². The highest BCUT2D eigenvalue weighted by Crippen LogP contribution is 2.68. The summed E-state index contributed by atoms with van der Waals surface area (Å²) in [7, 11) is 1.81. The van der Waals surface area contributed by atoms with Gasteiger partial charge in [-0.3, -0.25) is 0 Å². The Balaban J connectivity index is 1.62. The molecule has 0 aromatic carbocycles. The predicted octanol–water partition coefficient (Wildman–Crippen LogP) is 5.23. The van der Waals surface area contributed by atoms with Gasteiger partial charge in [0, 0.05) is 6.42 Å². The number of aliphatic hydroxyl groups is 1. The van der Waals surface area contributed by atoms with Crippen LogP contribution in [0, 0.1) is 28.6 Å². The van der Waals surface area contributed by atoms with E-state index in [4.69, 9.17) is 4.74 Å². The molecule has 4 aliphatic carbocycles. The van der Waals surface area contributed by atoms with E-state index in [-0.39, 0.29) is 11.5 Å². The van der Waals surface area contributed by atoms with Gasteiger partial charge in [-0.05, 0) is 86.5 Å². The topological polar surface area (TPSA) is 29.5 Å². The second kappa shape index (κ2) is 5.62. The molecule has 0 radical (unpaired) electrons. The van der Waals surface area contributed by atoms with Gasteiger partial charge in [-0.2, -0.15) is 0 Å². The van der Waals surface area contributed by atoms with Crippen LogP contribution in [-0.4, -0.2) is 18.3 Å². The zero-order valence-electron chi connectivity index (χ0n) is 15.9. The number of hydrogen-bond donors (Lipinski definition) is 1. The van der Waals surface area contributed by atoms with Crippen LogP contribution < -0.4 is 0 Å². The number of aliphatic hydroxyl groups excluding tert-OH is 1. The van der Waals surface area contributed by atoms with Gasteiger partial charge < -0.3 is 9.84 Å². The Morgan fingerprint density at radius 3 is 2.71 bits per heavy atom. The minimum Gasteiger partial charge on any atom is -0.501 e. The highest BCUT2D eigenvalue weighted by atomic mass is 16.5. The van der Waals surface area contributed by atoms with E-state index in [9.17, 15) is 5.11 Å². The Labute approximate surface area is 147 Å². The molecule has 0 aliphatic heterocycles. The molecule has 0 bridgehead atoms. The predicted molar refractivity (Wildman–Crippen MR) is 97.4 cm³/mol. The van der Waals surface area contributed by atoms with E-state index in [1.54, 1.807) is 11.1 Å². The van der Waals surface area contributed by atoms with E-state index in [0.29, 0.717) is 5.41 Å². The highest BCUT2D eigenvalue weighted by Gasteiger charge is 2.61. The maximum Gasteiger partial charge on any atom is 0.0959 e. The molecular weight excluding hydrogens is 296 g/mol. The van der Waals surface area contributed by atoms with Crippen LogP contribution in [0.15, 0.2) is 23.0 Å². The molecule has 2 saturated carbocycles. The molecule has 134 valence electrons. The lowest BCUT2D eigenvalue weighted by molar-refractivity contribution is -0.0850. The molecule has 1 unspecified atom stereocenters. The first kappa shape index (κ1) is 16.7. The first-order valence-corrected chi connectivity index (χ1v) is 10.0. The largest absolute Gasteiger partial charge is 0.501 e. The number of methoxy groups -OCH3 is 1. The summed E-state index contributed by atoms with van der Waals surface area (Å²) in [5.74, 6) is 3.63. The summed E-state index contributed by atoms with van der Waals surface area (Å²) in [6.45, 7) is 6.89. The van der Waals surface area contributed by atoms with Crippen LogP contribution in [0.5, 0.6) is 0 Å². The highest BCUT2D eigenvalue weighted by molar-refractivity contribution is 5.33. The Hall–Kier alpha value is -0.760. The van der Waals surface area contributed by atoms with Crippen molar-refractivity contribution in [2.45, 2.75) is 78.2 Å². The lowest BCUT2D eigenvalue weighted by atomic mass is 9.50. The Bertz CT molecular complexity index is 587. The fourth-order valence-electron chi connectivity index (χ4n) is 7.03. The Morgan fingerprint density at radius 1 is 1.21 bits per heavy atom. The fourth-order valence-corrected chi connectivity index (χ4v) is 7.03. The van der Waals surface area contributed by atoms with Crippen molar-refractivity contribution in [1.29, 1.82) is 0 Å². The number of fused-ring (bicyclic) bond motifs is 4. The van der Waals surface area contributed by atoms with Crippen molar-refractivity contribution in [3.8, 4) is 0 Å². The second-order valence-corrected chi connectivity index (χ2v) is 9.39. The third-order valence-electron chi connectivity index (χ3n) is 8.91. The van der Waals surface area contributed by atoms with Gasteiger partial charge in [0.25, 0.3) is 0 Å². The van der Waals surface area contributed by atoms with Crippen molar-refractivity contribution >= 4 is 0 Å². The summed E-state index contributed by atoms with van der Waals surface area (Å²) in [6, 6.07) is 0. The SMILES string of the molecule is COC1=CCC2=C(CC[C@@H]3[C@@H]2CC[C@@]2(C)[C@H]3CC[C@]2(C)C(C)O)C1. The Kier molecular flexibility index (Phi) is 3.91. The van der Waals surface area contributed by atoms with Crippen LogP contribution >= 0.6 is 0 Å². The normalized spacial score (nSPS) is 45.9. The molecule has 2 nitrogen and oxygen atoms in total. The van der Waals surface area contributed by atoms with Crippen molar-refractivity contribution in [1.82, 2.24) is 0 Å². The van der Waals surface area contributed by atoms with Gasteiger partial charge in [0.15, 0.2) is 0 Å². The first-order valence-electron chi connectivity index (χ1n) is 10.0. The Morgan fingerprint density at radius 2 is 2.00 bits per heavy atom. The summed E-state index contributed by atoms with van der Waals surface area (Å²) in [5, 5.41) is 10.5. The van der Waals surface area contributed by atoms with Gasteiger partial charge in [-0.25, -0.2) is 0 Å². The van der Waals surface area contributed by atoms with Crippen LogP contribution in [0.4, 0.5) is 0 Å². The molecule has 4 rings (SSSR count). The molecular formula is C22H34O2. The standard InChI is InChI=1S/C22H34O2/c1-14(23)21(2)12-10-20-19-7-5-15-13-16(24-4)6-8-17(15)18(19)9-11-22(20,21)3/h6,14,18-20,23H,5,7-13H2,1-4H3/t14?,18-,19-,20+,21-,22+/m1/s1. The molecule has 24 heavy (non-hydrogen) atoms. The average molecular weight is 331 g/mol. The number of hydrogen-bond acceptors (Lipinski definition) is 2. The van der Waals surface area contributed by atoms with Crippen LogP contribution in [-0.2, 0) is 4.74 Å². The van der Waals surface area contributed by atoms with E-state index >= 15 is 0 Å². The molecule has 0 spiro atoms. The van der Waals surface area contributed by atoms with Crippen molar-refractivity contribution in [3.63, 3.8) is 0 Å². The molecule has 0 aromatic rings. The molecule has 0 amide bonds. The average Bonchev–Trinajstić information content (AvgIpc) is 2.87. The molecule has 2 fully saturated rings. The minimum atomic E-state index is -0.190. The van der Waals surface area contributed by atoms with E-state index in [0.717, 1.165) is 30.6 Å². The summed E-state index contributed by atoms with van der Waals surface area (Å²) >= 11 is 0. The number of rotatable bonds is 2. The van der Waals surface area contributed by atoms with Crippen LogP contribution in [0.3, 0.4) is 0 Å². The summed E-state index contributed by atoms with van der Waals surface area (Å²) in [5.41, 5.74) is 3.88. The lowest BCUT2D eigenvalue weighted by Crippen LogP contribution is -2.50. The van der Waals surface area contributed by atoms with Crippen molar-refractivity contribution in [2.75, 3.05) is 7.11 Å². The summed E-state index contributed by atoms with van der Waals surface area (Å²) < 4.78 is 5.51. The van der Waals surface area contributed by atoms with E-state index in [1.807, 2.05) is 14.0 Å². The molecule has 0 heterocycles. The number of ether oxygens (including phenoxy) is 1. The molecule has 0 saturated heterocycles. The molecule has 1 N–H and O–H groups in total. The number of allylic oxidation sites excluding steroid dienone is 3. The third-order valence-corrected chi connectivity index (χ3v) is 8.91. The smallest absolute Gasteiger partial charge is 0.0959 e. The zero-order chi connectivity index (χ0) is 17.1. The summed E-state index contributed by atoms with van der Waals surface area (Å²) in [4.78, 5) is 0.